The number of carbonyl (C=O) groups is 1. The Morgan fingerprint density at radius 2 is 2.00 bits per heavy atom. The van der Waals surface area contributed by atoms with E-state index in [4.69, 9.17) is 5.73 Å². The van der Waals surface area contributed by atoms with Gasteiger partial charge in [-0.05, 0) is 55.3 Å². The molecule has 136 valence electrons. The van der Waals surface area contributed by atoms with Crippen LogP contribution in [0.25, 0.3) is 0 Å². The van der Waals surface area contributed by atoms with Crippen molar-refractivity contribution in [2.24, 2.45) is 5.73 Å². The largest absolute Gasteiger partial charge is 0.508 e. The van der Waals surface area contributed by atoms with Crippen LogP contribution in [-0.4, -0.2) is 53.5 Å². The number of hydrogen-bond donors (Lipinski definition) is 2. The fourth-order valence-corrected chi connectivity index (χ4v) is 4.74. The minimum Gasteiger partial charge on any atom is -0.508 e. The minimum absolute atomic E-state index is 0.0191. The van der Waals surface area contributed by atoms with Gasteiger partial charge in [-0.2, -0.15) is 0 Å². The lowest BCUT2D eigenvalue weighted by Crippen LogP contribution is -2.71. The Morgan fingerprint density at radius 1 is 1.27 bits per heavy atom. The van der Waals surface area contributed by atoms with Gasteiger partial charge in [0.1, 0.15) is 5.75 Å². The van der Waals surface area contributed by atoms with E-state index in [0.717, 1.165) is 24.9 Å². The number of amides is 1. The van der Waals surface area contributed by atoms with Gasteiger partial charge in [-0.1, -0.05) is 24.3 Å². The lowest BCUT2D eigenvalue weighted by molar-refractivity contribution is 0.000960. The summed E-state index contributed by atoms with van der Waals surface area (Å²) in [6.07, 6.45) is 1.57. The van der Waals surface area contributed by atoms with Crippen molar-refractivity contribution in [1.29, 1.82) is 0 Å². The summed E-state index contributed by atoms with van der Waals surface area (Å²) < 4.78 is 0. The molecule has 3 N–H and O–H groups in total. The van der Waals surface area contributed by atoms with Crippen molar-refractivity contribution in [3.8, 4) is 5.75 Å². The topological polar surface area (TPSA) is 69.8 Å². The van der Waals surface area contributed by atoms with Crippen LogP contribution in [0.3, 0.4) is 0 Å². The number of piperidine rings is 1. The van der Waals surface area contributed by atoms with Gasteiger partial charge in [0.2, 0.25) is 0 Å². The van der Waals surface area contributed by atoms with E-state index in [1.54, 1.807) is 12.1 Å². The standard InChI is InChI=1S/C21H25N3O2/c1-23-11-10-21(22)17-13-16(25)9-8-15(17)12-18(23)19(21)24(2)20(26)14-6-4-3-5-7-14/h3-9,13,18-19,25H,10-12,22H2,1-2H3/t18-,19?,21+/m1/s1. The molecule has 2 aromatic rings. The summed E-state index contributed by atoms with van der Waals surface area (Å²) in [5.41, 5.74) is 9.11. The summed E-state index contributed by atoms with van der Waals surface area (Å²) in [6, 6.07) is 14.8. The smallest absolute Gasteiger partial charge is 0.253 e. The number of likely N-dealkylation sites (N-methyl/N-ethyl adjacent to an activating group) is 2. The number of phenolic OH excluding ortho intramolecular Hbond substituents is 1. The van der Waals surface area contributed by atoms with E-state index in [1.165, 1.54) is 5.56 Å². The maximum absolute atomic E-state index is 13.1. The molecule has 1 fully saturated rings. The molecule has 0 saturated carbocycles. The molecule has 2 aromatic carbocycles. The van der Waals surface area contributed by atoms with Gasteiger partial charge in [-0.3, -0.25) is 4.79 Å². The minimum atomic E-state index is -0.664. The van der Waals surface area contributed by atoms with Crippen molar-refractivity contribution in [2.75, 3.05) is 20.6 Å². The molecule has 0 radical (unpaired) electrons. The Balaban J connectivity index is 1.78. The summed E-state index contributed by atoms with van der Waals surface area (Å²) in [5, 5.41) is 10.0. The molecule has 1 unspecified atom stereocenters. The fourth-order valence-electron chi connectivity index (χ4n) is 4.74. The normalized spacial score (nSPS) is 27.7. The molecule has 26 heavy (non-hydrogen) atoms. The fraction of sp³-hybridized carbons (Fsp3) is 0.381. The van der Waals surface area contributed by atoms with Gasteiger partial charge in [0.05, 0.1) is 11.6 Å². The van der Waals surface area contributed by atoms with E-state index in [2.05, 4.69) is 11.9 Å². The average Bonchev–Trinajstić information content (AvgIpc) is 2.65. The molecule has 2 bridgehead atoms. The third-order valence-corrected chi connectivity index (χ3v) is 6.12. The number of phenols is 1. The predicted octanol–water partition coefficient (Wildman–Crippen LogP) is 1.95. The van der Waals surface area contributed by atoms with Crippen LogP contribution in [0.2, 0.25) is 0 Å². The van der Waals surface area contributed by atoms with E-state index in [-0.39, 0.29) is 23.7 Å². The second kappa shape index (κ2) is 6.11. The summed E-state index contributed by atoms with van der Waals surface area (Å²) >= 11 is 0. The average molecular weight is 351 g/mol. The first kappa shape index (κ1) is 17.1. The number of rotatable bonds is 2. The molecular weight excluding hydrogens is 326 g/mol. The van der Waals surface area contributed by atoms with E-state index in [9.17, 15) is 9.90 Å². The van der Waals surface area contributed by atoms with E-state index in [1.807, 2.05) is 48.3 Å². The van der Waals surface area contributed by atoms with Crippen molar-refractivity contribution in [1.82, 2.24) is 9.80 Å². The zero-order valence-electron chi connectivity index (χ0n) is 15.2. The van der Waals surface area contributed by atoms with Gasteiger partial charge >= 0.3 is 0 Å². The third kappa shape index (κ3) is 2.50. The highest BCUT2D eigenvalue weighted by Gasteiger charge is 2.53. The molecule has 0 spiro atoms. The zero-order chi connectivity index (χ0) is 18.5. The van der Waals surface area contributed by atoms with E-state index < -0.39 is 5.54 Å². The Morgan fingerprint density at radius 3 is 2.73 bits per heavy atom. The Bertz CT molecular complexity index is 838. The second-order valence-corrected chi connectivity index (χ2v) is 7.61. The number of carbonyl (C=O) groups excluding carboxylic acids is 1. The van der Waals surface area contributed by atoms with Crippen LogP contribution in [0.4, 0.5) is 0 Å². The summed E-state index contributed by atoms with van der Waals surface area (Å²) in [6.45, 7) is 0.875. The van der Waals surface area contributed by atoms with Gasteiger partial charge in [-0.25, -0.2) is 0 Å². The Kier molecular flexibility index (Phi) is 4.01. The Labute approximate surface area is 154 Å². The monoisotopic (exact) mass is 351 g/mol. The van der Waals surface area contributed by atoms with Crippen LogP contribution in [0.1, 0.15) is 27.9 Å². The number of aromatic hydroxyl groups is 1. The van der Waals surface area contributed by atoms with Crippen LogP contribution in [0.15, 0.2) is 48.5 Å². The van der Waals surface area contributed by atoms with Crippen molar-refractivity contribution in [3.05, 3.63) is 65.2 Å². The number of nitrogens with two attached hydrogens (primary N) is 1. The van der Waals surface area contributed by atoms with Crippen molar-refractivity contribution in [2.45, 2.75) is 30.5 Å². The molecule has 2 aliphatic rings. The number of likely N-dealkylation sites (tertiary alicyclic amines) is 1. The Hall–Kier alpha value is -2.37. The number of hydrogen-bond acceptors (Lipinski definition) is 4. The van der Waals surface area contributed by atoms with Crippen molar-refractivity contribution in [3.63, 3.8) is 0 Å². The van der Waals surface area contributed by atoms with Crippen LogP contribution < -0.4 is 5.73 Å². The highest BCUT2D eigenvalue weighted by atomic mass is 16.3. The highest BCUT2D eigenvalue weighted by Crippen LogP contribution is 2.44. The molecule has 1 aliphatic carbocycles. The van der Waals surface area contributed by atoms with Crippen LogP contribution in [-0.2, 0) is 12.0 Å². The molecular formula is C21H25N3O2. The van der Waals surface area contributed by atoms with Crippen LogP contribution >= 0.6 is 0 Å². The summed E-state index contributed by atoms with van der Waals surface area (Å²) in [4.78, 5) is 17.2. The zero-order valence-corrected chi connectivity index (χ0v) is 15.2. The van der Waals surface area contributed by atoms with Crippen LogP contribution in [0.5, 0.6) is 5.75 Å². The highest BCUT2D eigenvalue weighted by molar-refractivity contribution is 5.94. The van der Waals surface area contributed by atoms with Crippen LogP contribution in [0, 0.1) is 0 Å². The maximum Gasteiger partial charge on any atom is 0.253 e. The molecule has 1 aliphatic heterocycles. The molecule has 1 heterocycles. The number of fused-ring (bicyclic) bond motifs is 4. The molecule has 1 saturated heterocycles. The van der Waals surface area contributed by atoms with Gasteiger partial charge < -0.3 is 20.6 Å². The maximum atomic E-state index is 13.1. The molecule has 5 nitrogen and oxygen atoms in total. The van der Waals surface area contributed by atoms with E-state index in [0.29, 0.717) is 5.56 Å². The molecule has 4 rings (SSSR count). The molecule has 3 atom stereocenters. The lowest BCUT2D eigenvalue weighted by atomic mass is 9.66. The van der Waals surface area contributed by atoms with Crippen molar-refractivity contribution < 1.29 is 9.90 Å². The first-order valence-electron chi connectivity index (χ1n) is 9.05. The second-order valence-electron chi connectivity index (χ2n) is 7.61. The quantitative estimate of drug-likeness (QED) is 0.868. The third-order valence-electron chi connectivity index (χ3n) is 6.12. The van der Waals surface area contributed by atoms with Gasteiger partial charge in [0, 0.05) is 25.2 Å². The first-order chi connectivity index (χ1) is 12.4. The van der Waals surface area contributed by atoms with Gasteiger partial charge in [0.25, 0.3) is 5.91 Å². The molecule has 5 heteroatoms. The molecule has 0 aromatic heterocycles. The number of nitrogens with zero attached hydrogens (tertiary/aromatic N) is 2. The summed E-state index contributed by atoms with van der Waals surface area (Å²) in [5.74, 6) is 0.205. The lowest BCUT2D eigenvalue weighted by Gasteiger charge is -2.56. The number of benzene rings is 2. The predicted molar refractivity (Wildman–Crippen MR) is 101 cm³/mol. The SMILES string of the molecule is CN(C(=O)c1ccccc1)C1[C@H]2Cc3ccc(O)cc3[C@@]1(N)CCN2C. The molecule has 1 amide bonds. The van der Waals surface area contributed by atoms with Gasteiger partial charge in [0.15, 0.2) is 0 Å². The van der Waals surface area contributed by atoms with Gasteiger partial charge in [-0.15, -0.1) is 0 Å². The van der Waals surface area contributed by atoms with Crippen molar-refractivity contribution >= 4 is 5.91 Å². The van der Waals surface area contributed by atoms with E-state index >= 15 is 0 Å². The summed E-state index contributed by atoms with van der Waals surface area (Å²) in [7, 11) is 3.95. The first-order valence-corrected chi connectivity index (χ1v) is 9.05.